The van der Waals surface area contributed by atoms with Gasteiger partial charge in [0.05, 0.1) is 0 Å². The number of carbonyl (C=O) groups is 2. The smallest absolute Gasteiger partial charge is 0.225 e. The van der Waals surface area contributed by atoms with Gasteiger partial charge in [-0.1, -0.05) is 6.42 Å². The molecule has 0 N–H and O–H groups in total. The molecule has 152 valence electrons. The first-order chi connectivity index (χ1) is 13.6. The van der Waals surface area contributed by atoms with E-state index >= 15 is 0 Å². The quantitative estimate of drug-likeness (QED) is 0.749. The van der Waals surface area contributed by atoms with E-state index in [2.05, 4.69) is 14.7 Å². The molecule has 2 heterocycles. The Hall–Kier alpha value is -1.88. The SMILES string of the molecule is CC(=O)c1ccc(N2CCC(C(=O)N3CCCN(C4CCC4)CC3)CC2)cc1. The van der Waals surface area contributed by atoms with Crippen LogP contribution in [0.3, 0.4) is 0 Å². The molecule has 1 aromatic rings. The minimum absolute atomic E-state index is 0.101. The van der Waals surface area contributed by atoms with Gasteiger partial charge in [-0.15, -0.1) is 0 Å². The molecule has 0 unspecified atom stereocenters. The Balaban J connectivity index is 1.28. The van der Waals surface area contributed by atoms with Crippen molar-refractivity contribution in [2.45, 2.75) is 51.5 Å². The number of rotatable bonds is 4. The van der Waals surface area contributed by atoms with E-state index < -0.39 is 0 Å². The molecule has 0 bridgehead atoms. The van der Waals surface area contributed by atoms with Gasteiger partial charge in [-0.3, -0.25) is 14.5 Å². The van der Waals surface area contributed by atoms with Crippen LogP contribution in [0.5, 0.6) is 0 Å². The molecule has 1 aromatic carbocycles. The van der Waals surface area contributed by atoms with Crippen molar-refractivity contribution < 1.29 is 9.59 Å². The first-order valence-corrected chi connectivity index (χ1v) is 11.0. The molecule has 0 aromatic heterocycles. The van der Waals surface area contributed by atoms with Crippen LogP contribution in [0.15, 0.2) is 24.3 Å². The summed E-state index contributed by atoms with van der Waals surface area (Å²) in [5.74, 6) is 0.647. The standard InChI is InChI=1S/C23H33N3O2/c1-18(27)19-6-8-22(9-7-19)25-14-10-20(11-15-25)23(28)26-13-3-12-24(16-17-26)21-4-2-5-21/h6-9,20-21H,2-5,10-17H2,1H3. The highest BCUT2D eigenvalue weighted by molar-refractivity contribution is 5.94. The maximum absolute atomic E-state index is 13.1. The second-order valence-corrected chi connectivity index (χ2v) is 8.66. The molecule has 0 atom stereocenters. The lowest BCUT2D eigenvalue weighted by atomic mass is 9.91. The van der Waals surface area contributed by atoms with E-state index in [1.165, 1.54) is 19.3 Å². The van der Waals surface area contributed by atoms with Gasteiger partial charge in [0.1, 0.15) is 0 Å². The zero-order valence-electron chi connectivity index (χ0n) is 17.1. The molecule has 0 radical (unpaired) electrons. The number of hydrogen-bond donors (Lipinski definition) is 0. The lowest BCUT2D eigenvalue weighted by molar-refractivity contribution is -0.136. The summed E-state index contributed by atoms with van der Waals surface area (Å²) in [7, 11) is 0. The number of Topliss-reactive ketones (excluding diaryl/α,β-unsaturated/α-hetero) is 1. The first-order valence-electron chi connectivity index (χ1n) is 11.0. The summed E-state index contributed by atoms with van der Waals surface area (Å²) in [4.78, 5) is 31.6. The Bertz CT molecular complexity index is 690. The van der Waals surface area contributed by atoms with E-state index in [9.17, 15) is 9.59 Å². The Labute approximate surface area is 168 Å². The van der Waals surface area contributed by atoms with Crippen molar-refractivity contribution in [1.29, 1.82) is 0 Å². The Morgan fingerprint density at radius 3 is 2.14 bits per heavy atom. The Morgan fingerprint density at radius 2 is 1.54 bits per heavy atom. The largest absolute Gasteiger partial charge is 0.371 e. The van der Waals surface area contributed by atoms with E-state index in [1.807, 2.05) is 24.3 Å². The van der Waals surface area contributed by atoms with Crippen LogP contribution < -0.4 is 4.90 Å². The van der Waals surface area contributed by atoms with Crippen molar-refractivity contribution in [3.05, 3.63) is 29.8 Å². The number of amides is 1. The van der Waals surface area contributed by atoms with Gasteiger partial charge in [-0.2, -0.15) is 0 Å². The van der Waals surface area contributed by atoms with Crippen molar-refractivity contribution in [3.8, 4) is 0 Å². The van der Waals surface area contributed by atoms with Crippen LogP contribution in [0.1, 0.15) is 55.8 Å². The number of benzene rings is 1. The molecule has 1 aliphatic carbocycles. The average molecular weight is 384 g/mol. The molecule has 2 saturated heterocycles. The van der Waals surface area contributed by atoms with Gasteiger partial charge in [-0.05, 0) is 63.3 Å². The fourth-order valence-corrected chi connectivity index (χ4v) is 4.82. The molecule has 3 aliphatic rings. The van der Waals surface area contributed by atoms with Crippen molar-refractivity contribution >= 4 is 17.4 Å². The molecular weight excluding hydrogens is 350 g/mol. The third-order valence-corrected chi connectivity index (χ3v) is 6.92. The minimum Gasteiger partial charge on any atom is -0.371 e. The molecule has 2 aliphatic heterocycles. The molecule has 0 spiro atoms. The summed E-state index contributed by atoms with van der Waals surface area (Å²) in [6.07, 6.45) is 7.04. The molecule has 1 amide bonds. The predicted octanol–water partition coefficient (Wildman–Crippen LogP) is 3.19. The van der Waals surface area contributed by atoms with Gasteiger partial charge in [-0.25, -0.2) is 0 Å². The molecule has 5 heteroatoms. The van der Waals surface area contributed by atoms with E-state index in [-0.39, 0.29) is 11.7 Å². The average Bonchev–Trinajstić information content (AvgIpc) is 2.92. The molecule has 1 saturated carbocycles. The summed E-state index contributed by atoms with van der Waals surface area (Å²) in [6, 6.07) is 8.65. The van der Waals surface area contributed by atoms with Gasteiger partial charge in [0.25, 0.3) is 0 Å². The van der Waals surface area contributed by atoms with Crippen LogP contribution in [-0.2, 0) is 4.79 Å². The zero-order chi connectivity index (χ0) is 19.5. The number of carbonyl (C=O) groups excluding carboxylic acids is 2. The summed E-state index contributed by atoms with van der Waals surface area (Å²) in [5.41, 5.74) is 1.91. The second-order valence-electron chi connectivity index (χ2n) is 8.66. The molecule has 4 rings (SSSR count). The van der Waals surface area contributed by atoms with Gasteiger partial charge in [0.15, 0.2) is 5.78 Å². The number of piperidine rings is 1. The first kappa shape index (κ1) is 19.4. The molecule has 5 nitrogen and oxygen atoms in total. The highest BCUT2D eigenvalue weighted by Gasteiger charge is 2.31. The Morgan fingerprint density at radius 1 is 0.821 bits per heavy atom. The third kappa shape index (κ3) is 4.24. The maximum Gasteiger partial charge on any atom is 0.225 e. The summed E-state index contributed by atoms with van der Waals surface area (Å²) in [5, 5.41) is 0. The highest BCUT2D eigenvalue weighted by atomic mass is 16.2. The van der Waals surface area contributed by atoms with Crippen LogP contribution in [0.2, 0.25) is 0 Å². The topological polar surface area (TPSA) is 43.9 Å². The van der Waals surface area contributed by atoms with E-state index in [1.54, 1.807) is 6.92 Å². The maximum atomic E-state index is 13.1. The number of hydrogen-bond acceptors (Lipinski definition) is 4. The van der Waals surface area contributed by atoms with Gasteiger partial charge < -0.3 is 9.80 Å². The number of nitrogens with zero attached hydrogens (tertiary/aromatic N) is 3. The van der Waals surface area contributed by atoms with Gasteiger partial charge >= 0.3 is 0 Å². The van der Waals surface area contributed by atoms with Crippen molar-refractivity contribution in [2.24, 2.45) is 5.92 Å². The molecule has 28 heavy (non-hydrogen) atoms. The number of anilines is 1. The molecule has 3 fully saturated rings. The lowest BCUT2D eigenvalue weighted by Gasteiger charge is -2.37. The highest BCUT2D eigenvalue weighted by Crippen LogP contribution is 2.28. The van der Waals surface area contributed by atoms with Crippen molar-refractivity contribution in [2.75, 3.05) is 44.2 Å². The predicted molar refractivity (Wildman–Crippen MR) is 112 cm³/mol. The normalized spacial score (nSPS) is 22.6. The van der Waals surface area contributed by atoms with Crippen molar-refractivity contribution in [3.63, 3.8) is 0 Å². The lowest BCUT2D eigenvalue weighted by Crippen LogP contribution is -2.45. The van der Waals surface area contributed by atoms with E-state index in [0.717, 1.165) is 75.8 Å². The van der Waals surface area contributed by atoms with Gasteiger partial charge in [0, 0.05) is 62.5 Å². The van der Waals surface area contributed by atoms with Crippen LogP contribution in [0.4, 0.5) is 5.69 Å². The van der Waals surface area contributed by atoms with Crippen LogP contribution in [0, 0.1) is 5.92 Å². The van der Waals surface area contributed by atoms with Crippen molar-refractivity contribution in [1.82, 2.24) is 9.80 Å². The van der Waals surface area contributed by atoms with Crippen LogP contribution in [0.25, 0.3) is 0 Å². The van der Waals surface area contributed by atoms with Gasteiger partial charge in [0.2, 0.25) is 5.91 Å². The molecular formula is C23H33N3O2. The Kier molecular flexibility index (Phi) is 6.00. The summed E-state index contributed by atoms with van der Waals surface area (Å²) >= 11 is 0. The van der Waals surface area contributed by atoms with E-state index in [0.29, 0.717) is 5.91 Å². The van der Waals surface area contributed by atoms with E-state index in [4.69, 9.17) is 0 Å². The summed E-state index contributed by atoms with van der Waals surface area (Å²) < 4.78 is 0. The minimum atomic E-state index is 0.101. The monoisotopic (exact) mass is 383 g/mol. The third-order valence-electron chi connectivity index (χ3n) is 6.92. The fraction of sp³-hybridized carbons (Fsp3) is 0.652. The fourth-order valence-electron chi connectivity index (χ4n) is 4.82. The zero-order valence-corrected chi connectivity index (χ0v) is 17.1. The van der Waals surface area contributed by atoms with Crippen LogP contribution >= 0.6 is 0 Å². The van der Waals surface area contributed by atoms with Crippen LogP contribution in [-0.4, -0.2) is 66.8 Å². The number of ketones is 1. The summed E-state index contributed by atoms with van der Waals surface area (Å²) in [6.45, 7) is 7.47. The second kappa shape index (κ2) is 8.64.